The topological polar surface area (TPSA) is 186 Å². The Kier molecular flexibility index (Phi) is 31.2. The van der Waals surface area contributed by atoms with Crippen LogP contribution in [0.3, 0.4) is 0 Å². The summed E-state index contributed by atoms with van der Waals surface area (Å²) in [6.07, 6.45) is 24.0. The normalized spacial score (nSPS) is 20.9. The molecule has 12 nitrogen and oxygen atoms in total. The first-order chi connectivity index (χ1) is 26.5. The summed E-state index contributed by atoms with van der Waals surface area (Å²) >= 11 is 0. The monoisotopic (exact) mass is 807 g/mol. The van der Waals surface area contributed by atoms with E-state index in [-0.39, 0.29) is 19.4 Å². The number of rotatable bonds is 36. The quantitative estimate of drug-likeness (QED) is 0.0206. The maximum absolute atomic E-state index is 12.8. The molecule has 6 atom stereocenters. The number of carbonyl (C=O) groups excluding carboxylic acids is 2. The molecule has 13 heteroatoms. The molecule has 4 N–H and O–H groups in total. The fourth-order valence-corrected chi connectivity index (χ4v) is 7.35. The number of hydrogen-bond donors (Lipinski definition) is 4. The van der Waals surface area contributed by atoms with E-state index in [4.69, 9.17) is 18.9 Å². The summed E-state index contributed by atoms with van der Waals surface area (Å²) < 4.78 is 54.0. The first-order valence-electron chi connectivity index (χ1n) is 21.7. The minimum absolute atomic E-state index is 0.166. The van der Waals surface area contributed by atoms with E-state index in [0.717, 1.165) is 44.9 Å². The van der Waals surface area contributed by atoms with Gasteiger partial charge in [0.05, 0.1) is 6.61 Å². The molecule has 0 saturated carbocycles. The second kappa shape index (κ2) is 33.4. The van der Waals surface area contributed by atoms with Gasteiger partial charge in [0.25, 0.3) is 10.1 Å². The molecule has 0 spiro atoms. The lowest BCUT2D eigenvalue weighted by atomic mass is 10.00. The predicted molar refractivity (Wildman–Crippen MR) is 215 cm³/mol. The molecule has 0 aromatic heterocycles. The highest BCUT2D eigenvalue weighted by Gasteiger charge is 2.46. The minimum Gasteiger partial charge on any atom is -0.462 e. The second-order valence-electron chi connectivity index (χ2n) is 15.4. The zero-order chi connectivity index (χ0) is 40.6. The summed E-state index contributed by atoms with van der Waals surface area (Å²) in [5, 5.41) is 30.8. The van der Waals surface area contributed by atoms with Crippen LogP contribution in [-0.4, -0.2) is 96.0 Å². The molecule has 0 aromatic carbocycles. The number of carbonyl (C=O) groups is 2. The van der Waals surface area contributed by atoms with Crippen molar-refractivity contribution in [1.29, 1.82) is 0 Å². The van der Waals surface area contributed by atoms with Crippen molar-refractivity contribution in [1.82, 2.24) is 0 Å². The molecule has 1 saturated heterocycles. The van der Waals surface area contributed by atoms with Gasteiger partial charge in [0, 0.05) is 12.8 Å². The Morgan fingerprint density at radius 2 is 1.05 bits per heavy atom. The van der Waals surface area contributed by atoms with Crippen LogP contribution in [0.2, 0.25) is 0 Å². The molecule has 0 aromatic rings. The van der Waals surface area contributed by atoms with E-state index in [1.165, 1.54) is 103 Å². The van der Waals surface area contributed by atoms with Gasteiger partial charge in [-0.15, -0.1) is 0 Å². The van der Waals surface area contributed by atoms with Crippen molar-refractivity contribution in [3.05, 3.63) is 12.2 Å². The van der Waals surface area contributed by atoms with Gasteiger partial charge >= 0.3 is 11.9 Å². The Labute approximate surface area is 333 Å². The molecule has 0 amide bonds. The van der Waals surface area contributed by atoms with Crippen LogP contribution in [-0.2, 0) is 38.7 Å². The Morgan fingerprint density at radius 3 is 1.56 bits per heavy atom. The zero-order valence-corrected chi connectivity index (χ0v) is 35.1. The molecular weight excluding hydrogens is 729 g/mol. The molecule has 0 radical (unpaired) electrons. The van der Waals surface area contributed by atoms with Crippen LogP contribution in [0, 0.1) is 0 Å². The average molecular weight is 807 g/mol. The highest BCUT2D eigenvalue weighted by atomic mass is 32.2. The summed E-state index contributed by atoms with van der Waals surface area (Å²) in [7, 11) is -4.60. The van der Waals surface area contributed by atoms with E-state index in [9.17, 15) is 37.9 Å². The van der Waals surface area contributed by atoms with Gasteiger partial charge in [0.2, 0.25) is 0 Å². The maximum Gasteiger partial charge on any atom is 0.306 e. The van der Waals surface area contributed by atoms with Crippen molar-refractivity contribution in [2.45, 2.75) is 224 Å². The van der Waals surface area contributed by atoms with Gasteiger partial charge in [-0.1, -0.05) is 154 Å². The number of aliphatic hydroxyl groups excluding tert-OH is 3. The van der Waals surface area contributed by atoms with Crippen molar-refractivity contribution in [2.75, 3.05) is 19.0 Å². The van der Waals surface area contributed by atoms with E-state index in [1.807, 2.05) is 0 Å². The van der Waals surface area contributed by atoms with Gasteiger partial charge in [-0.3, -0.25) is 14.1 Å². The maximum atomic E-state index is 12.8. The summed E-state index contributed by atoms with van der Waals surface area (Å²) in [6.45, 7) is 3.72. The van der Waals surface area contributed by atoms with E-state index < -0.39 is 71.2 Å². The van der Waals surface area contributed by atoms with E-state index in [1.54, 1.807) is 0 Å². The molecule has 0 aliphatic carbocycles. The molecule has 0 bridgehead atoms. The number of hydrogen-bond acceptors (Lipinski definition) is 11. The van der Waals surface area contributed by atoms with E-state index in [0.29, 0.717) is 12.8 Å². The lowest BCUT2D eigenvalue weighted by molar-refractivity contribution is -0.297. The van der Waals surface area contributed by atoms with Crippen molar-refractivity contribution >= 4 is 22.1 Å². The molecular formula is C42H78O12S. The van der Waals surface area contributed by atoms with Crippen LogP contribution in [0.5, 0.6) is 0 Å². The molecule has 55 heavy (non-hydrogen) atoms. The predicted octanol–water partition coefficient (Wildman–Crippen LogP) is 8.28. The Morgan fingerprint density at radius 1 is 0.600 bits per heavy atom. The van der Waals surface area contributed by atoms with E-state index in [2.05, 4.69) is 26.0 Å². The lowest BCUT2D eigenvalue weighted by Crippen LogP contribution is -2.60. The van der Waals surface area contributed by atoms with Gasteiger partial charge in [0.15, 0.2) is 12.4 Å². The highest BCUT2D eigenvalue weighted by molar-refractivity contribution is 7.85. The Balaban J connectivity index is 2.46. The smallest absolute Gasteiger partial charge is 0.306 e. The van der Waals surface area contributed by atoms with Crippen molar-refractivity contribution in [2.24, 2.45) is 0 Å². The first-order valence-corrected chi connectivity index (χ1v) is 23.4. The van der Waals surface area contributed by atoms with Crippen LogP contribution in [0.1, 0.15) is 187 Å². The minimum atomic E-state index is -4.60. The molecule has 1 fully saturated rings. The van der Waals surface area contributed by atoms with E-state index >= 15 is 0 Å². The molecule has 1 aliphatic rings. The van der Waals surface area contributed by atoms with Gasteiger partial charge < -0.3 is 34.3 Å². The first kappa shape index (κ1) is 51.4. The molecule has 2 unspecified atom stereocenters. The third-order valence-electron chi connectivity index (χ3n) is 10.1. The van der Waals surface area contributed by atoms with Gasteiger partial charge in [-0.2, -0.15) is 8.42 Å². The zero-order valence-electron chi connectivity index (χ0n) is 34.3. The molecule has 1 heterocycles. The highest BCUT2D eigenvalue weighted by Crippen LogP contribution is 2.24. The third kappa shape index (κ3) is 28.4. The average Bonchev–Trinajstić information content (AvgIpc) is 3.14. The van der Waals surface area contributed by atoms with Crippen molar-refractivity contribution in [3.8, 4) is 0 Å². The molecule has 324 valence electrons. The summed E-state index contributed by atoms with van der Waals surface area (Å²) in [5.74, 6) is -1.98. The molecule has 1 aliphatic heterocycles. The number of unbranched alkanes of at least 4 members (excludes halogenated alkanes) is 22. The SMILES string of the molecule is CCCC/C=C/CCCCCCCCCCCC(=O)O[C@H](COC(=O)CCCCCCCCCCCCCC)CO[C@H]1O[C@H](CS(=O)(=O)O)[C@@H](O)C(O)C1O. The largest absolute Gasteiger partial charge is 0.462 e. The summed E-state index contributed by atoms with van der Waals surface area (Å²) in [4.78, 5) is 25.3. The Hall–Kier alpha value is -1.61. The number of ether oxygens (including phenoxy) is 4. The fraction of sp³-hybridized carbons (Fsp3) is 0.905. The fourth-order valence-electron chi connectivity index (χ4n) is 6.66. The van der Waals surface area contributed by atoms with Crippen LogP contribution < -0.4 is 0 Å². The number of aliphatic hydroxyl groups is 3. The third-order valence-corrected chi connectivity index (χ3v) is 10.8. The van der Waals surface area contributed by atoms with Crippen LogP contribution >= 0.6 is 0 Å². The van der Waals surface area contributed by atoms with Crippen molar-refractivity contribution < 1.29 is 56.8 Å². The van der Waals surface area contributed by atoms with Crippen LogP contribution in [0.25, 0.3) is 0 Å². The Bertz CT molecular complexity index is 1080. The van der Waals surface area contributed by atoms with Crippen LogP contribution in [0.15, 0.2) is 12.2 Å². The second-order valence-corrected chi connectivity index (χ2v) is 16.9. The standard InChI is InChI=1S/C42H78O12S/c1-3-5-7-9-11-13-15-17-18-19-21-23-25-27-29-31-38(44)53-35(33-52-42-41(47)40(46)39(45)36(54-42)34-55(48,49)50)32-51-37(43)30-28-26-24-22-20-16-14-12-10-8-6-4-2/h9,11,35-36,39-42,45-47H,3-8,10,12-34H2,1-2H3,(H,48,49,50)/b11-9+/t35-,36-,39-,40?,41?,42+/m1/s1. The van der Waals surface area contributed by atoms with Gasteiger partial charge in [-0.25, -0.2) is 0 Å². The number of esters is 2. The van der Waals surface area contributed by atoms with Gasteiger partial charge in [0.1, 0.15) is 36.8 Å². The lowest BCUT2D eigenvalue weighted by Gasteiger charge is -2.40. The number of allylic oxidation sites excluding steroid dienone is 2. The summed E-state index contributed by atoms with van der Waals surface area (Å²) in [5.41, 5.74) is 0. The van der Waals surface area contributed by atoms with Gasteiger partial charge in [-0.05, 0) is 32.1 Å². The summed E-state index contributed by atoms with van der Waals surface area (Å²) in [6, 6.07) is 0. The van der Waals surface area contributed by atoms with Crippen molar-refractivity contribution in [3.63, 3.8) is 0 Å². The van der Waals surface area contributed by atoms with Crippen LogP contribution in [0.4, 0.5) is 0 Å². The molecule has 1 rings (SSSR count).